The first-order valence-electron chi connectivity index (χ1n) is 9.83. The third kappa shape index (κ3) is 4.78. The first-order valence-corrected chi connectivity index (χ1v) is 9.83. The van der Waals surface area contributed by atoms with E-state index < -0.39 is 0 Å². The van der Waals surface area contributed by atoms with Crippen molar-refractivity contribution in [1.82, 2.24) is 15.1 Å². The van der Waals surface area contributed by atoms with E-state index in [0.29, 0.717) is 13.2 Å². The SMILES string of the molecule is CCc1ccc(-n2nc(N3CCC(C(=O)NCCOC)CC3)ccc2=O)cc1. The highest BCUT2D eigenvalue weighted by Gasteiger charge is 2.25. The number of piperidine rings is 1. The summed E-state index contributed by atoms with van der Waals surface area (Å²) in [7, 11) is 1.62. The Labute approximate surface area is 165 Å². The molecule has 0 spiro atoms. The van der Waals surface area contributed by atoms with E-state index in [1.165, 1.54) is 10.2 Å². The van der Waals surface area contributed by atoms with Crippen molar-refractivity contribution in [3.8, 4) is 5.69 Å². The molecule has 0 radical (unpaired) electrons. The number of benzene rings is 1. The van der Waals surface area contributed by atoms with Crippen LogP contribution in [-0.2, 0) is 16.0 Å². The molecule has 150 valence electrons. The lowest BCUT2D eigenvalue weighted by molar-refractivity contribution is -0.125. The molecule has 1 aromatic heterocycles. The highest BCUT2D eigenvalue weighted by atomic mass is 16.5. The van der Waals surface area contributed by atoms with E-state index in [1.807, 2.05) is 24.3 Å². The number of carbonyl (C=O) groups is 1. The second-order valence-corrected chi connectivity index (χ2v) is 7.01. The maximum Gasteiger partial charge on any atom is 0.271 e. The molecule has 1 N–H and O–H groups in total. The second kappa shape index (κ2) is 9.50. The number of rotatable bonds is 7. The van der Waals surface area contributed by atoms with Gasteiger partial charge in [0.1, 0.15) is 5.82 Å². The summed E-state index contributed by atoms with van der Waals surface area (Å²) < 4.78 is 6.41. The zero-order chi connectivity index (χ0) is 19.9. The van der Waals surface area contributed by atoms with Crippen molar-refractivity contribution < 1.29 is 9.53 Å². The van der Waals surface area contributed by atoms with Crippen LogP contribution in [0, 0.1) is 5.92 Å². The topological polar surface area (TPSA) is 76.5 Å². The zero-order valence-corrected chi connectivity index (χ0v) is 16.6. The van der Waals surface area contributed by atoms with Crippen molar-refractivity contribution in [3.05, 3.63) is 52.3 Å². The van der Waals surface area contributed by atoms with Crippen molar-refractivity contribution >= 4 is 11.7 Å². The normalized spacial score (nSPS) is 14.9. The molecule has 0 atom stereocenters. The fourth-order valence-corrected chi connectivity index (χ4v) is 3.42. The molecule has 1 saturated heterocycles. The Morgan fingerprint density at radius 2 is 1.89 bits per heavy atom. The third-order valence-electron chi connectivity index (χ3n) is 5.17. The maximum absolute atomic E-state index is 12.3. The highest BCUT2D eigenvalue weighted by Crippen LogP contribution is 2.21. The van der Waals surface area contributed by atoms with Crippen molar-refractivity contribution in [3.63, 3.8) is 0 Å². The van der Waals surface area contributed by atoms with Crippen LogP contribution in [0.25, 0.3) is 5.69 Å². The summed E-state index contributed by atoms with van der Waals surface area (Å²) in [6.07, 6.45) is 2.49. The quantitative estimate of drug-likeness (QED) is 0.737. The first kappa shape index (κ1) is 20.1. The van der Waals surface area contributed by atoms with E-state index >= 15 is 0 Å². The molecule has 0 aliphatic carbocycles. The summed E-state index contributed by atoms with van der Waals surface area (Å²) in [6, 6.07) is 11.2. The summed E-state index contributed by atoms with van der Waals surface area (Å²) in [5.74, 6) is 0.864. The van der Waals surface area contributed by atoms with Gasteiger partial charge in [-0.3, -0.25) is 9.59 Å². The van der Waals surface area contributed by atoms with Gasteiger partial charge in [0.25, 0.3) is 5.56 Å². The van der Waals surface area contributed by atoms with Gasteiger partial charge in [0.15, 0.2) is 0 Å². The maximum atomic E-state index is 12.3. The lowest BCUT2D eigenvalue weighted by atomic mass is 9.96. The van der Waals surface area contributed by atoms with Gasteiger partial charge in [-0.2, -0.15) is 4.68 Å². The van der Waals surface area contributed by atoms with Gasteiger partial charge >= 0.3 is 0 Å². The van der Waals surface area contributed by atoms with Gasteiger partial charge in [0.2, 0.25) is 5.91 Å². The Morgan fingerprint density at radius 3 is 2.54 bits per heavy atom. The fourth-order valence-electron chi connectivity index (χ4n) is 3.42. The van der Waals surface area contributed by atoms with Crippen molar-refractivity contribution in [2.45, 2.75) is 26.2 Å². The average Bonchev–Trinajstić information content (AvgIpc) is 2.74. The number of ether oxygens (including phenoxy) is 1. The molecule has 1 fully saturated rings. The van der Waals surface area contributed by atoms with Crippen molar-refractivity contribution in [2.75, 3.05) is 38.3 Å². The number of anilines is 1. The van der Waals surface area contributed by atoms with Gasteiger partial charge in [-0.05, 0) is 43.0 Å². The highest BCUT2D eigenvalue weighted by molar-refractivity contribution is 5.78. The molecular weight excluding hydrogens is 356 g/mol. The van der Waals surface area contributed by atoms with Crippen LogP contribution in [0.5, 0.6) is 0 Å². The van der Waals surface area contributed by atoms with Crippen LogP contribution in [0.2, 0.25) is 0 Å². The summed E-state index contributed by atoms with van der Waals surface area (Å²) >= 11 is 0. The van der Waals surface area contributed by atoms with E-state index in [9.17, 15) is 9.59 Å². The summed E-state index contributed by atoms with van der Waals surface area (Å²) in [4.78, 5) is 26.6. The molecule has 0 bridgehead atoms. The number of nitrogens with zero attached hydrogens (tertiary/aromatic N) is 3. The van der Waals surface area contributed by atoms with Gasteiger partial charge in [-0.1, -0.05) is 19.1 Å². The van der Waals surface area contributed by atoms with Crippen LogP contribution >= 0.6 is 0 Å². The Kier molecular flexibility index (Phi) is 6.81. The Hall–Kier alpha value is -2.67. The number of amides is 1. The van der Waals surface area contributed by atoms with Crippen molar-refractivity contribution in [1.29, 1.82) is 0 Å². The van der Waals surface area contributed by atoms with E-state index in [0.717, 1.165) is 43.9 Å². The lowest BCUT2D eigenvalue weighted by Crippen LogP contribution is -2.42. The Balaban J connectivity index is 1.66. The average molecular weight is 384 g/mol. The van der Waals surface area contributed by atoms with Gasteiger partial charge in [0.05, 0.1) is 12.3 Å². The molecule has 28 heavy (non-hydrogen) atoms. The van der Waals surface area contributed by atoms with E-state index in [4.69, 9.17) is 4.74 Å². The number of hydrogen-bond donors (Lipinski definition) is 1. The third-order valence-corrected chi connectivity index (χ3v) is 5.17. The fraction of sp³-hybridized carbons (Fsp3) is 0.476. The van der Waals surface area contributed by atoms with Crippen LogP contribution in [-0.4, -0.2) is 49.0 Å². The predicted octanol–water partition coefficient (Wildman–Crippen LogP) is 1.77. The van der Waals surface area contributed by atoms with Crippen LogP contribution in [0.1, 0.15) is 25.3 Å². The smallest absolute Gasteiger partial charge is 0.271 e. The number of aryl methyl sites for hydroxylation is 1. The van der Waals surface area contributed by atoms with Crippen LogP contribution in [0.15, 0.2) is 41.2 Å². The molecule has 2 heterocycles. The summed E-state index contributed by atoms with van der Waals surface area (Å²) in [5.41, 5.74) is 1.83. The zero-order valence-electron chi connectivity index (χ0n) is 16.6. The van der Waals surface area contributed by atoms with Crippen LogP contribution in [0.4, 0.5) is 5.82 Å². The largest absolute Gasteiger partial charge is 0.383 e. The van der Waals surface area contributed by atoms with Gasteiger partial charge < -0.3 is 15.0 Å². The molecule has 7 heteroatoms. The lowest BCUT2D eigenvalue weighted by Gasteiger charge is -2.32. The number of hydrogen-bond acceptors (Lipinski definition) is 5. The van der Waals surface area contributed by atoms with Crippen LogP contribution in [0.3, 0.4) is 0 Å². The minimum atomic E-state index is -0.152. The van der Waals surface area contributed by atoms with Gasteiger partial charge in [0, 0.05) is 38.7 Å². The van der Waals surface area contributed by atoms with Gasteiger partial charge in [-0.15, -0.1) is 5.10 Å². The minimum Gasteiger partial charge on any atom is -0.383 e. The number of aromatic nitrogens is 2. The molecule has 1 amide bonds. The summed E-state index contributed by atoms with van der Waals surface area (Å²) in [5, 5.41) is 7.48. The first-order chi connectivity index (χ1) is 13.6. The molecule has 1 aromatic carbocycles. The summed E-state index contributed by atoms with van der Waals surface area (Å²) in [6.45, 7) is 4.64. The molecule has 0 saturated carbocycles. The number of nitrogens with one attached hydrogen (secondary N) is 1. The standard InChI is InChI=1S/C21H28N4O3/c1-3-16-4-6-18(7-5-16)25-20(26)9-8-19(23-25)24-13-10-17(11-14-24)21(27)22-12-15-28-2/h4-9,17H,3,10-15H2,1-2H3,(H,22,27). The molecule has 1 aliphatic heterocycles. The van der Waals surface area contributed by atoms with Gasteiger partial charge in [-0.25, -0.2) is 0 Å². The minimum absolute atomic E-state index is 0.0144. The molecule has 2 aromatic rings. The van der Waals surface area contributed by atoms with E-state index in [-0.39, 0.29) is 17.4 Å². The molecule has 0 unspecified atom stereocenters. The molecular formula is C21H28N4O3. The molecule has 1 aliphatic rings. The van der Waals surface area contributed by atoms with Crippen molar-refractivity contribution in [2.24, 2.45) is 5.92 Å². The number of carbonyl (C=O) groups excluding carboxylic acids is 1. The predicted molar refractivity (Wildman–Crippen MR) is 109 cm³/mol. The van der Waals surface area contributed by atoms with Crippen LogP contribution < -0.4 is 15.8 Å². The molecule has 7 nitrogen and oxygen atoms in total. The van der Waals surface area contributed by atoms with E-state index in [2.05, 4.69) is 22.2 Å². The Morgan fingerprint density at radius 1 is 1.18 bits per heavy atom. The second-order valence-electron chi connectivity index (χ2n) is 7.01. The Bertz CT molecular complexity index is 839. The van der Waals surface area contributed by atoms with E-state index in [1.54, 1.807) is 19.2 Å². The monoisotopic (exact) mass is 384 g/mol. The molecule has 3 rings (SSSR count). The number of methoxy groups -OCH3 is 1.